The molecule has 100 valence electrons. The van der Waals surface area contributed by atoms with Crippen LogP contribution in [0.15, 0.2) is 12.2 Å². The van der Waals surface area contributed by atoms with Crippen LogP contribution in [0.5, 0.6) is 0 Å². The molecule has 0 aliphatic rings. The SMILES string of the molecule is CCCCCCCC/C=C/CCCC(=O)OC. The van der Waals surface area contributed by atoms with Crippen LogP contribution in [0.25, 0.3) is 0 Å². The summed E-state index contributed by atoms with van der Waals surface area (Å²) in [5, 5.41) is 0. The third kappa shape index (κ3) is 13.1. The van der Waals surface area contributed by atoms with E-state index in [2.05, 4.69) is 23.8 Å². The Labute approximate surface area is 106 Å². The van der Waals surface area contributed by atoms with Crippen LogP contribution in [0.1, 0.15) is 71.1 Å². The largest absolute Gasteiger partial charge is 0.469 e. The van der Waals surface area contributed by atoms with E-state index in [-0.39, 0.29) is 5.97 Å². The van der Waals surface area contributed by atoms with E-state index in [4.69, 9.17) is 0 Å². The van der Waals surface area contributed by atoms with Crippen LogP contribution >= 0.6 is 0 Å². The molecule has 0 unspecified atom stereocenters. The van der Waals surface area contributed by atoms with Gasteiger partial charge in [0.05, 0.1) is 7.11 Å². The summed E-state index contributed by atoms with van der Waals surface area (Å²) in [6.45, 7) is 2.25. The second kappa shape index (κ2) is 13.3. The number of rotatable bonds is 11. The van der Waals surface area contributed by atoms with Gasteiger partial charge in [0.1, 0.15) is 0 Å². The lowest BCUT2D eigenvalue weighted by atomic mass is 10.1. The molecule has 2 heteroatoms. The molecule has 0 saturated carbocycles. The molecule has 0 heterocycles. The number of carbonyl (C=O) groups excluding carboxylic acids is 1. The summed E-state index contributed by atoms with van der Waals surface area (Å²) >= 11 is 0. The molecule has 0 spiro atoms. The molecule has 0 N–H and O–H groups in total. The molecule has 0 aliphatic heterocycles. The van der Waals surface area contributed by atoms with Crippen molar-refractivity contribution >= 4 is 5.97 Å². The molecule has 0 aromatic heterocycles. The Balaban J connectivity index is 3.12. The minimum Gasteiger partial charge on any atom is -0.469 e. The number of hydrogen-bond donors (Lipinski definition) is 0. The van der Waals surface area contributed by atoms with Crippen LogP contribution in [-0.2, 0) is 9.53 Å². The lowest BCUT2D eigenvalue weighted by Crippen LogP contribution is -1.98. The van der Waals surface area contributed by atoms with E-state index in [1.54, 1.807) is 0 Å². The molecule has 2 nitrogen and oxygen atoms in total. The van der Waals surface area contributed by atoms with Gasteiger partial charge in [0, 0.05) is 6.42 Å². The lowest BCUT2D eigenvalue weighted by Gasteiger charge is -1.98. The Hall–Kier alpha value is -0.790. The van der Waals surface area contributed by atoms with Crippen LogP contribution < -0.4 is 0 Å². The standard InChI is InChI=1S/C15H28O2/c1-3-4-5-6-7-8-9-10-11-12-13-14-15(16)17-2/h10-11H,3-9,12-14H2,1-2H3/b11-10+. The zero-order valence-electron chi connectivity index (χ0n) is 11.5. The maximum atomic E-state index is 10.8. The Kier molecular flexibility index (Phi) is 12.7. The Morgan fingerprint density at radius 1 is 0.941 bits per heavy atom. The van der Waals surface area contributed by atoms with Gasteiger partial charge in [-0.25, -0.2) is 0 Å². The highest BCUT2D eigenvalue weighted by molar-refractivity contribution is 5.68. The highest BCUT2D eigenvalue weighted by Crippen LogP contribution is 2.07. The highest BCUT2D eigenvalue weighted by Gasteiger charge is 1.96. The van der Waals surface area contributed by atoms with Crippen molar-refractivity contribution in [1.82, 2.24) is 0 Å². The third-order valence-electron chi connectivity index (χ3n) is 2.87. The summed E-state index contributed by atoms with van der Waals surface area (Å²) < 4.78 is 4.58. The second-order valence-corrected chi connectivity index (χ2v) is 4.50. The molecule has 0 bridgehead atoms. The Morgan fingerprint density at radius 2 is 1.53 bits per heavy atom. The number of carbonyl (C=O) groups is 1. The van der Waals surface area contributed by atoms with E-state index >= 15 is 0 Å². The summed E-state index contributed by atoms with van der Waals surface area (Å²) in [7, 11) is 1.44. The summed E-state index contributed by atoms with van der Waals surface area (Å²) in [5.74, 6) is -0.102. The van der Waals surface area contributed by atoms with Gasteiger partial charge in [-0.05, 0) is 25.7 Å². The molecular weight excluding hydrogens is 212 g/mol. The Morgan fingerprint density at radius 3 is 2.18 bits per heavy atom. The molecule has 0 atom stereocenters. The minimum absolute atomic E-state index is 0.102. The van der Waals surface area contributed by atoms with E-state index in [1.165, 1.54) is 52.1 Å². The minimum atomic E-state index is -0.102. The molecule has 0 aromatic rings. The fraction of sp³-hybridized carbons (Fsp3) is 0.800. The van der Waals surface area contributed by atoms with Gasteiger partial charge in [-0.3, -0.25) is 4.79 Å². The first-order valence-corrected chi connectivity index (χ1v) is 7.03. The van der Waals surface area contributed by atoms with Crippen molar-refractivity contribution in [2.24, 2.45) is 0 Å². The number of ether oxygens (including phenoxy) is 1. The molecule has 17 heavy (non-hydrogen) atoms. The molecular formula is C15H28O2. The average Bonchev–Trinajstić information content (AvgIpc) is 2.35. The average molecular weight is 240 g/mol. The monoisotopic (exact) mass is 240 g/mol. The van der Waals surface area contributed by atoms with Crippen LogP contribution in [0.4, 0.5) is 0 Å². The van der Waals surface area contributed by atoms with Gasteiger partial charge in [-0.2, -0.15) is 0 Å². The summed E-state index contributed by atoms with van der Waals surface area (Å²) in [6, 6.07) is 0. The van der Waals surface area contributed by atoms with E-state index in [0.29, 0.717) is 6.42 Å². The molecule has 0 aromatic carbocycles. The van der Waals surface area contributed by atoms with Crippen molar-refractivity contribution in [3.8, 4) is 0 Å². The van der Waals surface area contributed by atoms with Crippen LogP contribution in [0, 0.1) is 0 Å². The predicted octanol–water partition coefficient (Wildman–Crippen LogP) is 4.64. The number of methoxy groups -OCH3 is 1. The fourth-order valence-corrected chi connectivity index (χ4v) is 1.74. The molecule has 0 saturated heterocycles. The number of unbranched alkanes of at least 4 members (excludes halogenated alkanes) is 7. The van der Waals surface area contributed by atoms with Gasteiger partial charge in [-0.15, -0.1) is 0 Å². The van der Waals surface area contributed by atoms with Crippen molar-refractivity contribution in [3.63, 3.8) is 0 Å². The number of allylic oxidation sites excluding steroid dienone is 2. The van der Waals surface area contributed by atoms with Gasteiger partial charge in [0.15, 0.2) is 0 Å². The molecule has 0 rings (SSSR count). The molecule has 0 fully saturated rings. The Bertz CT molecular complexity index is 197. The van der Waals surface area contributed by atoms with Crippen molar-refractivity contribution in [2.45, 2.75) is 71.1 Å². The zero-order chi connectivity index (χ0) is 12.8. The predicted molar refractivity (Wildman–Crippen MR) is 73.0 cm³/mol. The summed E-state index contributed by atoms with van der Waals surface area (Å²) in [4.78, 5) is 10.8. The topological polar surface area (TPSA) is 26.3 Å². The van der Waals surface area contributed by atoms with Crippen LogP contribution in [-0.4, -0.2) is 13.1 Å². The van der Waals surface area contributed by atoms with E-state index < -0.39 is 0 Å². The number of hydrogen-bond acceptors (Lipinski definition) is 2. The zero-order valence-corrected chi connectivity index (χ0v) is 11.5. The van der Waals surface area contributed by atoms with Gasteiger partial charge in [0.2, 0.25) is 0 Å². The maximum absolute atomic E-state index is 10.8. The van der Waals surface area contributed by atoms with Gasteiger partial charge >= 0.3 is 5.97 Å². The second-order valence-electron chi connectivity index (χ2n) is 4.50. The number of esters is 1. The van der Waals surface area contributed by atoms with Crippen LogP contribution in [0.3, 0.4) is 0 Å². The van der Waals surface area contributed by atoms with Gasteiger partial charge in [-0.1, -0.05) is 51.2 Å². The van der Waals surface area contributed by atoms with Crippen molar-refractivity contribution < 1.29 is 9.53 Å². The normalized spacial score (nSPS) is 10.9. The first-order chi connectivity index (χ1) is 8.31. The van der Waals surface area contributed by atoms with Gasteiger partial charge in [0.25, 0.3) is 0 Å². The molecule has 0 amide bonds. The van der Waals surface area contributed by atoms with E-state index in [9.17, 15) is 4.79 Å². The summed E-state index contributed by atoms with van der Waals surface area (Å²) in [5.41, 5.74) is 0. The smallest absolute Gasteiger partial charge is 0.305 e. The summed E-state index contributed by atoms with van der Waals surface area (Å²) in [6.07, 6.45) is 16.2. The van der Waals surface area contributed by atoms with E-state index in [0.717, 1.165) is 12.8 Å². The molecule has 0 aliphatic carbocycles. The first-order valence-electron chi connectivity index (χ1n) is 7.03. The highest BCUT2D eigenvalue weighted by atomic mass is 16.5. The first kappa shape index (κ1) is 16.2. The van der Waals surface area contributed by atoms with Crippen molar-refractivity contribution in [2.75, 3.05) is 7.11 Å². The lowest BCUT2D eigenvalue weighted by molar-refractivity contribution is -0.140. The van der Waals surface area contributed by atoms with E-state index in [1.807, 2.05) is 0 Å². The third-order valence-corrected chi connectivity index (χ3v) is 2.87. The van der Waals surface area contributed by atoms with Gasteiger partial charge < -0.3 is 4.74 Å². The van der Waals surface area contributed by atoms with Crippen molar-refractivity contribution in [1.29, 1.82) is 0 Å². The van der Waals surface area contributed by atoms with Crippen molar-refractivity contribution in [3.05, 3.63) is 12.2 Å². The maximum Gasteiger partial charge on any atom is 0.305 e. The van der Waals surface area contributed by atoms with Crippen LogP contribution in [0.2, 0.25) is 0 Å². The quantitative estimate of drug-likeness (QED) is 0.299. The fourth-order valence-electron chi connectivity index (χ4n) is 1.74. The molecule has 0 radical (unpaired) electrons.